The van der Waals surface area contributed by atoms with Crippen LogP contribution < -0.4 is 0 Å². The average molecular weight is 294 g/mol. The van der Waals surface area contributed by atoms with Gasteiger partial charge in [0.25, 0.3) is 5.91 Å². The smallest absolute Gasteiger partial charge is 0.254 e. The van der Waals surface area contributed by atoms with Crippen molar-refractivity contribution < 1.29 is 4.79 Å². The maximum absolute atomic E-state index is 12.8. The van der Waals surface area contributed by atoms with E-state index in [1.54, 1.807) is 6.20 Å². The fourth-order valence-corrected chi connectivity index (χ4v) is 3.26. The molecular formula is C17H18N4O. The maximum atomic E-state index is 12.8. The lowest BCUT2D eigenvalue weighted by molar-refractivity contribution is 0.0722. The Morgan fingerprint density at radius 3 is 3.18 bits per heavy atom. The third kappa shape index (κ3) is 2.28. The standard InChI is InChI=1S/C17H18N4O/c22-17(14-5-4-13-6-8-18-16(13)11-14)21-10-1-3-15(21)12-20-9-2-7-19-20/h2,4-9,11,15,18H,1,3,10,12H2/t15-/m0/s1. The number of aromatic amines is 1. The van der Waals surface area contributed by atoms with Crippen LogP contribution in [0.25, 0.3) is 10.9 Å². The molecular weight excluding hydrogens is 276 g/mol. The first-order chi connectivity index (χ1) is 10.8. The van der Waals surface area contributed by atoms with E-state index in [0.717, 1.165) is 42.4 Å². The lowest BCUT2D eigenvalue weighted by Crippen LogP contribution is -2.38. The molecule has 4 rings (SSSR count). The number of nitrogens with one attached hydrogen (secondary N) is 1. The number of aromatic nitrogens is 3. The first-order valence-electron chi connectivity index (χ1n) is 7.67. The highest BCUT2D eigenvalue weighted by molar-refractivity contribution is 5.98. The molecule has 1 saturated heterocycles. The molecule has 5 heteroatoms. The van der Waals surface area contributed by atoms with Crippen LogP contribution in [0.4, 0.5) is 0 Å². The Balaban J connectivity index is 1.57. The largest absolute Gasteiger partial charge is 0.361 e. The second-order valence-corrected chi connectivity index (χ2v) is 5.80. The average Bonchev–Trinajstić information content (AvgIpc) is 3.27. The summed E-state index contributed by atoms with van der Waals surface area (Å²) in [6.45, 7) is 1.59. The van der Waals surface area contributed by atoms with Crippen LogP contribution in [0.3, 0.4) is 0 Å². The van der Waals surface area contributed by atoms with Crippen LogP contribution in [0.2, 0.25) is 0 Å². The van der Waals surface area contributed by atoms with Gasteiger partial charge in [0.15, 0.2) is 0 Å². The Morgan fingerprint density at radius 1 is 1.36 bits per heavy atom. The highest BCUT2D eigenvalue weighted by atomic mass is 16.2. The number of hydrogen-bond donors (Lipinski definition) is 1. The molecule has 1 aliphatic heterocycles. The maximum Gasteiger partial charge on any atom is 0.254 e. The summed E-state index contributed by atoms with van der Waals surface area (Å²) in [7, 11) is 0. The van der Waals surface area contributed by atoms with Crippen molar-refractivity contribution in [1.82, 2.24) is 19.7 Å². The second-order valence-electron chi connectivity index (χ2n) is 5.80. The molecule has 3 heterocycles. The van der Waals surface area contributed by atoms with Gasteiger partial charge in [-0.2, -0.15) is 5.10 Å². The van der Waals surface area contributed by atoms with E-state index in [9.17, 15) is 4.79 Å². The molecule has 3 aromatic rings. The molecule has 0 bridgehead atoms. The van der Waals surface area contributed by atoms with Gasteiger partial charge in [-0.3, -0.25) is 9.48 Å². The predicted octanol–water partition coefficient (Wildman–Crippen LogP) is 2.67. The van der Waals surface area contributed by atoms with Gasteiger partial charge in [-0.25, -0.2) is 0 Å². The van der Waals surface area contributed by atoms with Gasteiger partial charge >= 0.3 is 0 Å². The summed E-state index contributed by atoms with van der Waals surface area (Å²) in [5.41, 5.74) is 1.76. The molecule has 1 N–H and O–H groups in total. The minimum Gasteiger partial charge on any atom is -0.361 e. The molecule has 112 valence electrons. The number of rotatable bonds is 3. The zero-order valence-electron chi connectivity index (χ0n) is 12.3. The summed E-state index contributed by atoms with van der Waals surface area (Å²) < 4.78 is 1.91. The van der Waals surface area contributed by atoms with E-state index in [1.165, 1.54) is 0 Å². The number of likely N-dealkylation sites (tertiary alicyclic amines) is 1. The SMILES string of the molecule is O=C(c1ccc2cc[nH]c2c1)N1CCC[C@H]1Cn1cccn1. The molecule has 1 aliphatic rings. The van der Waals surface area contributed by atoms with Gasteiger partial charge in [0.1, 0.15) is 0 Å². The molecule has 0 aliphatic carbocycles. The third-order valence-electron chi connectivity index (χ3n) is 4.40. The van der Waals surface area contributed by atoms with Crippen molar-refractivity contribution in [3.63, 3.8) is 0 Å². The molecule has 1 fully saturated rings. The highest BCUT2D eigenvalue weighted by Crippen LogP contribution is 2.23. The quantitative estimate of drug-likeness (QED) is 0.807. The van der Waals surface area contributed by atoms with E-state index >= 15 is 0 Å². The first-order valence-corrected chi connectivity index (χ1v) is 7.67. The molecule has 0 saturated carbocycles. The number of carbonyl (C=O) groups is 1. The molecule has 0 radical (unpaired) electrons. The second kappa shape index (κ2) is 5.33. The van der Waals surface area contributed by atoms with Crippen molar-refractivity contribution in [2.75, 3.05) is 6.54 Å². The van der Waals surface area contributed by atoms with Crippen LogP contribution in [0.1, 0.15) is 23.2 Å². The topological polar surface area (TPSA) is 53.9 Å². The Bertz CT molecular complexity index is 790. The van der Waals surface area contributed by atoms with Crippen LogP contribution >= 0.6 is 0 Å². The van der Waals surface area contributed by atoms with Crippen LogP contribution in [0.5, 0.6) is 0 Å². The molecule has 1 amide bonds. The fraction of sp³-hybridized carbons (Fsp3) is 0.294. The summed E-state index contributed by atoms with van der Waals surface area (Å²) in [5, 5.41) is 5.38. The minimum absolute atomic E-state index is 0.117. The van der Waals surface area contributed by atoms with E-state index in [-0.39, 0.29) is 11.9 Å². The lowest BCUT2D eigenvalue weighted by Gasteiger charge is -2.24. The highest BCUT2D eigenvalue weighted by Gasteiger charge is 2.29. The summed E-state index contributed by atoms with van der Waals surface area (Å²) in [6, 6.07) is 10.0. The number of fused-ring (bicyclic) bond motifs is 1. The van der Waals surface area contributed by atoms with Crippen molar-refractivity contribution in [2.24, 2.45) is 0 Å². The Labute approximate surface area is 128 Å². The molecule has 5 nitrogen and oxygen atoms in total. The van der Waals surface area contributed by atoms with Gasteiger partial charge in [0.2, 0.25) is 0 Å². The Morgan fingerprint density at radius 2 is 2.32 bits per heavy atom. The zero-order chi connectivity index (χ0) is 14.9. The summed E-state index contributed by atoms with van der Waals surface area (Å²) in [5.74, 6) is 0.117. The van der Waals surface area contributed by atoms with Crippen LogP contribution in [-0.4, -0.2) is 38.2 Å². The zero-order valence-corrected chi connectivity index (χ0v) is 12.3. The summed E-state index contributed by atoms with van der Waals surface area (Å²) >= 11 is 0. The van der Waals surface area contributed by atoms with Crippen molar-refractivity contribution in [1.29, 1.82) is 0 Å². The summed E-state index contributed by atoms with van der Waals surface area (Å²) in [4.78, 5) is 18.0. The van der Waals surface area contributed by atoms with Crippen LogP contribution in [0.15, 0.2) is 48.9 Å². The van der Waals surface area contributed by atoms with E-state index in [2.05, 4.69) is 10.1 Å². The normalized spacial score (nSPS) is 18.2. The number of hydrogen-bond acceptors (Lipinski definition) is 2. The molecule has 0 spiro atoms. The van der Waals surface area contributed by atoms with E-state index in [4.69, 9.17) is 0 Å². The first kappa shape index (κ1) is 13.1. The third-order valence-corrected chi connectivity index (χ3v) is 4.40. The molecule has 22 heavy (non-hydrogen) atoms. The van der Waals surface area contributed by atoms with Gasteiger partial charge in [-0.05, 0) is 42.5 Å². The van der Waals surface area contributed by atoms with Crippen molar-refractivity contribution >= 4 is 16.8 Å². The predicted molar refractivity (Wildman–Crippen MR) is 84.6 cm³/mol. The van der Waals surface area contributed by atoms with Crippen molar-refractivity contribution in [2.45, 2.75) is 25.4 Å². The van der Waals surface area contributed by atoms with Gasteiger partial charge in [-0.15, -0.1) is 0 Å². The number of H-pyrrole nitrogens is 1. The van der Waals surface area contributed by atoms with Crippen LogP contribution in [0, 0.1) is 0 Å². The minimum atomic E-state index is 0.117. The Hall–Kier alpha value is -2.56. The van der Waals surface area contributed by atoms with Gasteiger partial charge in [-0.1, -0.05) is 6.07 Å². The Kier molecular flexibility index (Phi) is 3.18. The molecule has 1 atom stereocenters. The monoisotopic (exact) mass is 294 g/mol. The molecule has 2 aromatic heterocycles. The van der Waals surface area contributed by atoms with Gasteiger partial charge in [0.05, 0.1) is 12.6 Å². The number of amides is 1. The van der Waals surface area contributed by atoms with Crippen molar-refractivity contribution in [3.05, 3.63) is 54.5 Å². The summed E-state index contributed by atoms with van der Waals surface area (Å²) in [6.07, 6.45) is 7.72. The van der Waals surface area contributed by atoms with E-state index in [1.807, 2.05) is 52.3 Å². The fourth-order valence-electron chi connectivity index (χ4n) is 3.26. The van der Waals surface area contributed by atoms with Gasteiger partial charge < -0.3 is 9.88 Å². The number of nitrogens with zero attached hydrogens (tertiary/aromatic N) is 3. The molecule has 1 aromatic carbocycles. The number of carbonyl (C=O) groups excluding carboxylic acids is 1. The number of benzene rings is 1. The van der Waals surface area contributed by atoms with Crippen LogP contribution in [-0.2, 0) is 6.54 Å². The van der Waals surface area contributed by atoms with Crippen molar-refractivity contribution in [3.8, 4) is 0 Å². The lowest BCUT2D eigenvalue weighted by atomic mass is 10.1. The van der Waals surface area contributed by atoms with E-state index in [0.29, 0.717) is 0 Å². The van der Waals surface area contributed by atoms with Gasteiger partial charge in [0, 0.05) is 36.2 Å². The molecule has 0 unspecified atom stereocenters. The van der Waals surface area contributed by atoms with E-state index < -0.39 is 0 Å².